The fraction of sp³-hybridized carbons (Fsp3) is 0.647. The number of aromatic hydroxyl groups is 1. The summed E-state index contributed by atoms with van der Waals surface area (Å²) in [5.41, 5.74) is 7.68. The second kappa shape index (κ2) is 21.6. The van der Waals surface area contributed by atoms with E-state index in [1.807, 2.05) is 62.7 Å². The molecule has 3 fully saturated rings. The van der Waals surface area contributed by atoms with Crippen molar-refractivity contribution in [1.82, 2.24) is 9.88 Å². The first kappa shape index (κ1) is 47.4. The molecule has 2 saturated carbocycles. The van der Waals surface area contributed by atoms with Gasteiger partial charge in [0.2, 0.25) is 5.91 Å². The van der Waals surface area contributed by atoms with Crippen LogP contribution >= 0.6 is 11.3 Å². The molecule has 0 spiro atoms. The molecule has 1 saturated heterocycles. The maximum atomic E-state index is 13.8. The molecule has 3 N–H and O–H groups in total. The summed E-state index contributed by atoms with van der Waals surface area (Å²) in [4.78, 5) is 47.3. The van der Waals surface area contributed by atoms with E-state index in [1.54, 1.807) is 11.3 Å². The number of hydrogen-bond acceptors (Lipinski definition) is 11. The van der Waals surface area contributed by atoms with Crippen molar-refractivity contribution in [3.8, 4) is 16.2 Å². The van der Waals surface area contributed by atoms with E-state index >= 15 is 0 Å². The molecule has 2 aromatic carbocycles. The SMILES string of the molecule is Cc1ncsc1-c1ccc(CCC(=O)C2C[C@@H](O)CN2C(=O)[C@@H](CC(=O)COCCOCCOCCCC[C@@H]2Cc3cc(O)ccc3[C@H]3CC[C@]4(C)[C@@H](O)CC[C@H]4[C@H]23)C(C)C)cc1. The number of thiazole rings is 1. The topological polar surface area (TPSA) is 156 Å². The number of phenolic OH excluding ortho intramolecular Hbond substituents is 1. The number of hydrogen-bond donors (Lipinski definition) is 3. The van der Waals surface area contributed by atoms with Crippen molar-refractivity contribution >= 4 is 28.8 Å². The smallest absolute Gasteiger partial charge is 0.227 e. The van der Waals surface area contributed by atoms with Crippen LogP contribution < -0.4 is 0 Å². The van der Waals surface area contributed by atoms with Gasteiger partial charge in [0.15, 0.2) is 11.6 Å². The maximum absolute atomic E-state index is 13.8. The number of carbonyl (C=O) groups excluding carboxylic acids is 3. The lowest BCUT2D eigenvalue weighted by molar-refractivity contribution is -0.144. The van der Waals surface area contributed by atoms with Crippen LogP contribution in [0, 0.1) is 41.9 Å². The number of Topliss-reactive ketones (excluding diaryl/α,β-unsaturated/α-hetero) is 2. The molecule has 12 heteroatoms. The summed E-state index contributed by atoms with van der Waals surface area (Å²) in [5, 5.41) is 31.8. The number of fused-ring (bicyclic) bond motifs is 5. The number of likely N-dealkylation sites (tertiary alicyclic amines) is 1. The highest BCUT2D eigenvalue weighted by Crippen LogP contribution is 2.62. The van der Waals surface area contributed by atoms with E-state index in [0.717, 1.165) is 73.1 Å². The Kier molecular flexibility index (Phi) is 16.3. The summed E-state index contributed by atoms with van der Waals surface area (Å²) < 4.78 is 17.2. The Morgan fingerprint density at radius 2 is 1.70 bits per heavy atom. The van der Waals surface area contributed by atoms with Gasteiger partial charge < -0.3 is 34.4 Å². The molecule has 4 aliphatic rings. The Bertz CT molecular complexity index is 2000. The summed E-state index contributed by atoms with van der Waals surface area (Å²) in [5.74, 6) is 1.23. The summed E-state index contributed by atoms with van der Waals surface area (Å²) >= 11 is 1.60. The molecular weight excluding hydrogens is 817 g/mol. The van der Waals surface area contributed by atoms with E-state index < -0.39 is 18.1 Å². The van der Waals surface area contributed by atoms with Gasteiger partial charge in [-0.15, -0.1) is 11.3 Å². The van der Waals surface area contributed by atoms with E-state index in [2.05, 4.69) is 18.0 Å². The van der Waals surface area contributed by atoms with Crippen molar-refractivity contribution in [3.63, 3.8) is 0 Å². The van der Waals surface area contributed by atoms with Crippen LogP contribution in [-0.2, 0) is 41.4 Å². The fourth-order valence-corrected chi connectivity index (χ4v) is 12.4. The first-order valence-electron chi connectivity index (χ1n) is 23.6. The predicted molar refractivity (Wildman–Crippen MR) is 244 cm³/mol. The van der Waals surface area contributed by atoms with Crippen molar-refractivity contribution in [2.75, 3.05) is 46.2 Å². The Morgan fingerprint density at radius 3 is 2.43 bits per heavy atom. The first-order valence-corrected chi connectivity index (χ1v) is 24.5. The predicted octanol–water partition coefficient (Wildman–Crippen LogP) is 7.88. The number of β-amino-alcohol motifs (C(OH)–C–C–N with tert-alkyl or cyclic N) is 1. The zero-order valence-electron chi connectivity index (χ0n) is 37.8. The van der Waals surface area contributed by atoms with Gasteiger partial charge in [0.25, 0.3) is 0 Å². The lowest BCUT2D eigenvalue weighted by Gasteiger charge is -2.53. The Hall–Kier alpha value is -3.52. The van der Waals surface area contributed by atoms with E-state index in [4.69, 9.17) is 14.2 Å². The van der Waals surface area contributed by atoms with Gasteiger partial charge in [0.05, 0.1) is 60.8 Å². The average Bonchev–Trinajstić information content (AvgIpc) is 3.97. The van der Waals surface area contributed by atoms with Crippen LogP contribution in [0.2, 0.25) is 0 Å². The normalized spacial score (nSPS) is 27.0. The molecule has 11 nitrogen and oxygen atoms in total. The van der Waals surface area contributed by atoms with Crippen LogP contribution in [0.25, 0.3) is 10.4 Å². The van der Waals surface area contributed by atoms with Gasteiger partial charge >= 0.3 is 0 Å². The number of ether oxygens (including phenoxy) is 3. The van der Waals surface area contributed by atoms with Gasteiger partial charge in [-0.3, -0.25) is 14.4 Å². The number of ketones is 2. The third kappa shape index (κ3) is 11.3. The number of benzene rings is 2. The lowest BCUT2D eigenvalue weighted by Crippen LogP contribution is -2.47. The number of aliphatic hydroxyl groups excluding tert-OH is 2. The Labute approximate surface area is 377 Å². The molecule has 1 aliphatic heterocycles. The second-order valence-corrected chi connectivity index (χ2v) is 20.3. The van der Waals surface area contributed by atoms with Crippen LogP contribution in [0.1, 0.15) is 113 Å². The number of rotatable bonds is 22. The monoisotopic (exact) mass is 886 g/mol. The number of aliphatic hydroxyl groups is 2. The molecule has 344 valence electrons. The van der Waals surface area contributed by atoms with E-state index in [0.29, 0.717) is 62.3 Å². The van der Waals surface area contributed by atoms with Crippen LogP contribution in [0.5, 0.6) is 5.75 Å². The number of nitrogens with zero attached hydrogens (tertiary/aromatic N) is 2. The number of carbonyl (C=O) groups is 3. The van der Waals surface area contributed by atoms with Crippen molar-refractivity contribution < 1.29 is 43.9 Å². The number of unbranched alkanes of at least 4 members (excludes halogenated alkanes) is 1. The maximum Gasteiger partial charge on any atom is 0.227 e. The summed E-state index contributed by atoms with van der Waals surface area (Å²) in [6.45, 7) is 10.2. The van der Waals surface area contributed by atoms with Crippen molar-refractivity contribution in [2.45, 2.75) is 129 Å². The number of amides is 1. The largest absolute Gasteiger partial charge is 0.508 e. The first-order chi connectivity index (χ1) is 30.3. The van der Waals surface area contributed by atoms with Crippen LogP contribution in [0.4, 0.5) is 0 Å². The molecule has 63 heavy (non-hydrogen) atoms. The van der Waals surface area contributed by atoms with Gasteiger partial charge in [-0.05, 0) is 128 Å². The summed E-state index contributed by atoms with van der Waals surface area (Å²) in [6, 6.07) is 13.4. The van der Waals surface area contributed by atoms with Gasteiger partial charge in [0, 0.05) is 38.3 Å². The molecule has 3 aromatic rings. The molecule has 0 bridgehead atoms. The molecule has 2 heterocycles. The third-order valence-electron chi connectivity index (χ3n) is 15.1. The van der Waals surface area contributed by atoms with Crippen molar-refractivity contribution in [1.29, 1.82) is 0 Å². The number of aryl methyl sites for hydroxylation is 2. The molecule has 1 aromatic heterocycles. The van der Waals surface area contributed by atoms with Gasteiger partial charge in [-0.2, -0.15) is 0 Å². The Morgan fingerprint density at radius 1 is 0.952 bits per heavy atom. The van der Waals surface area contributed by atoms with E-state index in [1.165, 1.54) is 16.0 Å². The highest BCUT2D eigenvalue weighted by molar-refractivity contribution is 7.13. The quantitative estimate of drug-likeness (QED) is 0.0849. The van der Waals surface area contributed by atoms with Gasteiger partial charge in [-0.1, -0.05) is 57.5 Å². The zero-order valence-corrected chi connectivity index (χ0v) is 38.7. The van der Waals surface area contributed by atoms with Crippen LogP contribution in [0.3, 0.4) is 0 Å². The van der Waals surface area contributed by atoms with Crippen molar-refractivity contribution in [3.05, 3.63) is 70.4 Å². The lowest BCUT2D eigenvalue weighted by atomic mass is 9.52. The van der Waals surface area contributed by atoms with E-state index in [-0.39, 0.29) is 73.9 Å². The summed E-state index contributed by atoms with van der Waals surface area (Å²) in [6.07, 6.45) is 8.37. The molecule has 1 amide bonds. The fourth-order valence-electron chi connectivity index (χ4n) is 11.6. The molecule has 7 rings (SSSR count). The average molecular weight is 887 g/mol. The minimum Gasteiger partial charge on any atom is -0.508 e. The van der Waals surface area contributed by atoms with E-state index in [9.17, 15) is 29.7 Å². The molecule has 3 aliphatic carbocycles. The van der Waals surface area contributed by atoms with Gasteiger partial charge in [0.1, 0.15) is 12.4 Å². The van der Waals surface area contributed by atoms with Gasteiger partial charge in [-0.25, -0.2) is 4.98 Å². The second-order valence-electron chi connectivity index (χ2n) is 19.5. The molecule has 9 atom stereocenters. The highest BCUT2D eigenvalue weighted by Gasteiger charge is 2.56. The molecular formula is C51H70N2O9S. The Balaban J connectivity index is 0.764. The minimum absolute atomic E-state index is 0.00619. The minimum atomic E-state index is -0.782. The standard InChI is InChI=1S/C51H70N2O9S/c1-32(2)43(50(59)53-29-39(55)28-45(53)46(57)16-10-34-8-11-35(12-9-34)49-33(3)52-31-63-49)27-40(56)30-62-24-23-61-22-21-60-20-6-5-7-36-25-37-26-38(54)13-14-41(37)42-18-19-51(4)44(48(36)42)15-17-47(51)58/h8-9,11-14,26,31-32,36,39,42-45,47-48,54-55,58H,5-7,10,15-25,27-30H2,1-4H3/t36-,39-,42-,43+,44+,45?,47+,48-,51+/m1/s1. The third-order valence-corrected chi connectivity index (χ3v) is 16.1. The molecule has 1 unspecified atom stereocenters. The molecule has 0 radical (unpaired) electrons. The number of phenols is 1. The van der Waals surface area contributed by atoms with Crippen molar-refractivity contribution in [2.24, 2.45) is 35.0 Å². The highest BCUT2D eigenvalue weighted by atomic mass is 32.1. The van der Waals surface area contributed by atoms with Crippen LogP contribution in [0.15, 0.2) is 48.0 Å². The zero-order chi connectivity index (χ0) is 44.7. The number of aromatic nitrogens is 1. The summed E-state index contributed by atoms with van der Waals surface area (Å²) in [7, 11) is 0. The van der Waals surface area contributed by atoms with Crippen LogP contribution in [-0.4, -0.2) is 107 Å².